The molecule has 2 rings (SSSR count). The maximum Gasteiger partial charge on any atom is 0.122 e. The number of aromatic nitrogens is 2. The lowest BCUT2D eigenvalue weighted by molar-refractivity contribution is 0.410. The second kappa shape index (κ2) is 5.89. The van der Waals surface area contributed by atoms with Gasteiger partial charge < -0.3 is 15.0 Å². The van der Waals surface area contributed by atoms with Crippen LogP contribution in [0.2, 0.25) is 0 Å². The molecule has 0 aliphatic rings. The Balaban J connectivity index is 2.38. The highest BCUT2D eigenvalue weighted by molar-refractivity contribution is 5.62. The molecule has 4 heteroatoms. The summed E-state index contributed by atoms with van der Waals surface area (Å²) in [5.41, 5.74) is 8.91. The van der Waals surface area contributed by atoms with Crippen LogP contribution in [0.15, 0.2) is 24.4 Å². The van der Waals surface area contributed by atoms with Crippen molar-refractivity contribution in [2.45, 2.75) is 26.8 Å². The number of methoxy groups -OCH3 is 1. The van der Waals surface area contributed by atoms with Gasteiger partial charge in [0.2, 0.25) is 0 Å². The van der Waals surface area contributed by atoms with Gasteiger partial charge in [-0.15, -0.1) is 0 Å². The van der Waals surface area contributed by atoms with Crippen LogP contribution in [0.3, 0.4) is 0 Å². The van der Waals surface area contributed by atoms with Crippen molar-refractivity contribution in [3.8, 4) is 17.0 Å². The summed E-state index contributed by atoms with van der Waals surface area (Å²) in [5, 5.41) is 0. The van der Waals surface area contributed by atoms with Crippen LogP contribution in [0.25, 0.3) is 11.3 Å². The number of aryl methyl sites for hydroxylation is 2. The topological polar surface area (TPSA) is 53.1 Å². The molecule has 0 spiro atoms. The van der Waals surface area contributed by atoms with E-state index in [-0.39, 0.29) is 0 Å². The molecule has 2 aromatic rings. The lowest BCUT2D eigenvalue weighted by Crippen LogP contribution is -2.10. The average Bonchev–Trinajstić information content (AvgIpc) is 2.80. The van der Waals surface area contributed by atoms with Crippen LogP contribution in [0.1, 0.15) is 18.3 Å². The molecule has 0 unspecified atom stereocenters. The molecule has 0 saturated carbocycles. The van der Waals surface area contributed by atoms with Gasteiger partial charge in [-0.3, -0.25) is 0 Å². The minimum Gasteiger partial charge on any atom is -0.496 e. The van der Waals surface area contributed by atoms with E-state index in [2.05, 4.69) is 28.7 Å². The van der Waals surface area contributed by atoms with Crippen molar-refractivity contribution in [1.29, 1.82) is 0 Å². The average molecular weight is 259 g/mol. The minimum absolute atomic E-state index is 0.624. The fraction of sp³-hybridized carbons (Fsp3) is 0.400. The molecular weight excluding hydrogens is 238 g/mol. The zero-order valence-electron chi connectivity index (χ0n) is 11.8. The van der Waals surface area contributed by atoms with Gasteiger partial charge in [0, 0.05) is 24.8 Å². The van der Waals surface area contributed by atoms with E-state index in [1.165, 1.54) is 5.56 Å². The lowest BCUT2D eigenvalue weighted by atomic mass is 10.1. The second-order valence-corrected chi connectivity index (χ2v) is 4.54. The predicted molar refractivity (Wildman–Crippen MR) is 77.4 cm³/mol. The highest BCUT2D eigenvalue weighted by Gasteiger charge is 2.09. The Hall–Kier alpha value is -1.81. The van der Waals surface area contributed by atoms with Gasteiger partial charge in [-0.05, 0) is 37.1 Å². The van der Waals surface area contributed by atoms with Crippen molar-refractivity contribution in [2.24, 2.45) is 5.73 Å². The summed E-state index contributed by atoms with van der Waals surface area (Å²) in [6, 6.07) is 6.20. The highest BCUT2D eigenvalue weighted by Crippen LogP contribution is 2.26. The van der Waals surface area contributed by atoms with Gasteiger partial charge >= 0.3 is 0 Å². The summed E-state index contributed by atoms with van der Waals surface area (Å²) in [6.45, 7) is 5.55. The minimum atomic E-state index is 0.624. The van der Waals surface area contributed by atoms with Crippen molar-refractivity contribution in [3.63, 3.8) is 0 Å². The first kappa shape index (κ1) is 13.6. The van der Waals surface area contributed by atoms with E-state index < -0.39 is 0 Å². The first-order chi connectivity index (χ1) is 9.19. The van der Waals surface area contributed by atoms with Crippen LogP contribution in [0.5, 0.6) is 5.75 Å². The fourth-order valence-electron chi connectivity index (χ4n) is 2.23. The SMILES string of the molecule is CCc1cc(-c2cn(CCN)c(C)n2)ccc1OC. The standard InChI is InChI=1S/C15H21N3O/c1-4-12-9-13(5-6-15(12)19-3)14-10-18(8-7-16)11(2)17-14/h5-6,9-10H,4,7-8,16H2,1-3H3. The first-order valence-corrected chi connectivity index (χ1v) is 6.60. The van der Waals surface area contributed by atoms with Gasteiger partial charge in [-0.25, -0.2) is 4.98 Å². The largest absolute Gasteiger partial charge is 0.496 e. The molecule has 102 valence electrons. The smallest absolute Gasteiger partial charge is 0.122 e. The molecule has 0 bridgehead atoms. The van der Waals surface area contributed by atoms with Crippen molar-refractivity contribution >= 4 is 0 Å². The van der Waals surface area contributed by atoms with Crippen LogP contribution < -0.4 is 10.5 Å². The fourth-order valence-corrected chi connectivity index (χ4v) is 2.23. The number of rotatable bonds is 5. The van der Waals surface area contributed by atoms with Crippen LogP contribution in [0, 0.1) is 6.92 Å². The highest BCUT2D eigenvalue weighted by atomic mass is 16.5. The molecule has 0 radical (unpaired) electrons. The van der Waals surface area contributed by atoms with E-state index in [9.17, 15) is 0 Å². The Bertz CT molecular complexity index is 561. The number of nitrogens with two attached hydrogens (primary N) is 1. The molecular formula is C15H21N3O. The summed E-state index contributed by atoms with van der Waals surface area (Å²) in [6.07, 6.45) is 3.00. The third-order valence-corrected chi connectivity index (χ3v) is 3.30. The van der Waals surface area contributed by atoms with Crippen LogP contribution in [-0.4, -0.2) is 23.2 Å². The van der Waals surface area contributed by atoms with Crippen LogP contribution >= 0.6 is 0 Å². The molecule has 0 fully saturated rings. The Morgan fingerprint density at radius 3 is 2.79 bits per heavy atom. The molecule has 1 heterocycles. The summed E-state index contributed by atoms with van der Waals surface area (Å²) in [5.74, 6) is 1.93. The van der Waals surface area contributed by atoms with Crippen LogP contribution in [-0.2, 0) is 13.0 Å². The molecule has 2 N–H and O–H groups in total. The number of hydrogen-bond acceptors (Lipinski definition) is 3. The molecule has 4 nitrogen and oxygen atoms in total. The van der Waals surface area contributed by atoms with Crippen molar-refractivity contribution in [2.75, 3.05) is 13.7 Å². The molecule has 0 atom stereocenters. The van der Waals surface area contributed by atoms with Crippen molar-refractivity contribution in [1.82, 2.24) is 9.55 Å². The van der Waals surface area contributed by atoms with E-state index in [1.54, 1.807) is 7.11 Å². The van der Waals surface area contributed by atoms with Crippen molar-refractivity contribution in [3.05, 3.63) is 35.8 Å². The number of benzene rings is 1. The maximum atomic E-state index is 5.60. The van der Waals surface area contributed by atoms with Gasteiger partial charge in [-0.2, -0.15) is 0 Å². The molecule has 0 amide bonds. The second-order valence-electron chi connectivity index (χ2n) is 4.54. The van der Waals surface area contributed by atoms with Gasteiger partial charge in [-0.1, -0.05) is 6.92 Å². The van der Waals surface area contributed by atoms with E-state index in [0.29, 0.717) is 6.54 Å². The summed E-state index contributed by atoms with van der Waals surface area (Å²) in [4.78, 5) is 4.60. The molecule has 0 saturated heterocycles. The zero-order chi connectivity index (χ0) is 13.8. The van der Waals surface area contributed by atoms with E-state index in [1.807, 2.05) is 19.1 Å². The molecule has 1 aromatic carbocycles. The molecule has 1 aromatic heterocycles. The quantitative estimate of drug-likeness (QED) is 0.897. The Morgan fingerprint density at radius 1 is 1.37 bits per heavy atom. The summed E-state index contributed by atoms with van der Waals surface area (Å²) in [7, 11) is 1.70. The van der Waals surface area contributed by atoms with E-state index >= 15 is 0 Å². The lowest BCUT2D eigenvalue weighted by Gasteiger charge is -2.07. The van der Waals surface area contributed by atoms with Crippen LogP contribution in [0.4, 0.5) is 0 Å². The van der Waals surface area contributed by atoms with Gasteiger partial charge in [0.15, 0.2) is 0 Å². The Morgan fingerprint density at radius 2 is 2.16 bits per heavy atom. The Kier molecular flexibility index (Phi) is 4.22. The summed E-state index contributed by atoms with van der Waals surface area (Å²) < 4.78 is 7.44. The predicted octanol–water partition coefficient (Wildman–Crippen LogP) is 2.39. The normalized spacial score (nSPS) is 10.7. The third kappa shape index (κ3) is 2.79. The maximum absolute atomic E-state index is 5.60. The zero-order valence-corrected chi connectivity index (χ0v) is 11.8. The van der Waals surface area contributed by atoms with E-state index in [0.717, 1.165) is 35.8 Å². The van der Waals surface area contributed by atoms with Crippen molar-refractivity contribution < 1.29 is 4.74 Å². The summed E-state index contributed by atoms with van der Waals surface area (Å²) >= 11 is 0. The van der Waals surface area contributed by atoms with Gasteiger partial charge in [0.05, 0.1) is 12.8 Å². The monoisotopic (exact) mass is 259 g/mol. The molecule has 0 aliphatic heterocycles. The third-order valence-electron chi connectivity index (χ3n) is 3.30. The van der Waals surface area contributed by atoms with E-state index in [4.69, 9.17) is 10.5 Å². The number of ether oxygens (including phenoxy) is 1. The number of hydrogen-bond donors (Lipinski definition) is 1. The first-order valence-electron chi connectivity index (χ1n) is 6.60. The molecule has 0 aliphatic carbocycles. The van der Waals surface area contributed by atoms with Gasteiger partial charge in [0.1, 0.15) is 11.6 Å². The Labute approximate surface area is 114 Å². The molecule has 19 heavy (non-hydrogen) atoms. The number of nitrogens with zero attached hydrogens (tertiary/aromatic N) is 2. The van der Waals surface area contributed by atoms with Gasteiger partial charge in [0.25, 0.3) is 0 Å². The number of imidazole rings is 1.